The van der Waals surface area contributed by atoms with E-state index in [1.54, 1.807) is 0 Å². The van der Waals surface area contributed by atoms with Crippen LogP contribution in [-0.2, 0) is 14.8 Å². The van der Waals surface area contributed by atoms with Gasteiger partial charge in [0.05, 0.1) is 6.26 Å². The fourth-order valence-corrected chi connectivity index (χ4v) is 3.96. The van der Waals surface area contributed by atoms with Gasteiger partial charge in [-0.25, -0.2) is 8.42 Å². The zero-order valence-corrected chi connectivity index (χ0v) is 12.4. The van der Waals surface area contributed by atoms with Crippen molar-refractivity contribution in [3.8, 4) is 0 Å². The summed E-state index contributed by atoms with van der Waals surface area (Å²) in [7, 11) is -3.14. The molecule has 110 valence electrons. The van der Waals surface area contributed by atoms with Crippen molar-refractivity contribution in [2.24, 2.45) is 5.92 Å². The molecule has 2 aliphatic rings. The zero-order valence-electron chi connectivity index (χ0n) is 11.6. The minimum Gasteiger partial charge on any atom is -0.355 e. The topological polar surface area (TPSA) is 66.5 Å². The van der Waals surface area contributed by atoms with Crippen LogP contribution in [0.5, 0.6) is 0 Å². The molecular weight excluding hydrogens is 264 g/mol. The number of amides is 1. The fraction of sp³-hybridized carbons (Fsp3) is 0.923. The van der Waals surface area contributed by atoms with Crippen LogP contribution in [0.4, 0.5) is 0 Å². The van der Waals surface area contributed by atoms with Gasteiger partial charge in [-0.1, -0.05) is 19.3 Å². The van der Waals surface area contributed by atoms with Crippen molar-refractivity contribution in [1.82, 2.24) is 9.62 Å². The van der Waals surface area contributed by atoms with E-state index in [-0.39, 0.29) is 17.9 Å². The Hall–Kier alpha value is -0.620. The Bertz CT molecular complexity index is 412. The summed E-state index contributed by atoms with van der Waals surface area (Å²) >= 11 is 0. The van der Waals surface area contributed by atoms with E-state index in [1.807, 2.05) is 0 Å². The van der Waals surface area contributed by atoms with Gasteiger partial charge >= 0.3 is 0 Å². The molecule has 0 spiro atoms. The molecule has 0 heterocycles. The third-order valence-corrected chi connectivity index (χ3v) is 5.32. The summed E-state index contributed by atoms with van der Waals surface area (Å²) in [6.07, 6.45) is 8.59. The molecule has 0 atom stereocenters. The Labute approximate surface area is 115 Å². The highest BCUT2D eigenvalue weighted by Gasteiger charge is 2.34. The summed E-state index contributed by atoms with van der Waals surface area (Å²) in [4.78, 5) is 11.9. The van der Waals surface area contributed by atoms with E-state index >= 15 is 0 Å². The first-order valence-corrected chi connectivity index (χ1v) is 9.08. The lowest BCUT2D eigenvalue weighted by molar-refractivity contribution is -0.125. The number of nitrogens with zero attached hydrogens (tertiary/aromatic N) is 1. The molecule has 0 bridgehead atoms. The number of sulfonamides is 1. The van der Waals surface area contributed by atoms with Gasteiger partial charge in [0, 0.05) is 25.0 Å². The SMILES string of the molecule is CS(=O)(=O)N(CCNC(=O)C1CCCCC1)C1CC1. The zero-order chi connectivity index (χ0) is 13.9. The van der Waals surface area contributed by atoms with Crippen LogP contribution in [0, 0.1) is 5.92 Å². The Morgan fingerprint density at radius 2 is 1.79 bits per heavy atom. The highest BCUT2D eigenvalue weighted by atomic mass is 32.2. The molecule has 1 amide bonds. The van der Waals surface area contributed by atoms with E-state index in [9.17, 15) is 13.2 Å². The van der Waals surface area contributed by atoms with Crippen molar-refractivity contribution in [3.63, 3.8) is 0 Å². The van der Waals surface area contributed by atoms with Gasteiger partial charge in [-0.3, -0.25) is 4.79 Å². The Morgan fingerprint density at radius 1 is 1.16 bits per heavy atom. The molecule has 1 N–H and O–H groups in total. The van der Waals surface area contributed by atoms with E-state index in [1.165, 1.54) is 17.0 Å². The lowest BCUT2D eigenvalue weighted by Crippen LogP contribution is -2.41. The lowest BCUT2D eigenvalue weighted by atomic mass is 9.89. The summed E-state index contributed by atoms with van der Waals surface area (Å²) < 4.78 is 24.7. The maximum absolute atomic E-state index is 11.9. The minimum absolute atomic E-state index is 0.101. The molecular formula is C13H24N2O3S. The summed E-state index contributed by atoms with van der Waals surface area (Å²) in [5.41, 5.74) is 0. The smallest absolute Gasteiger partial charge is 0.223 e. The normalized spacial score (nSPS) is 21.6. The second kappa shape index (κ2) is 6.22. The van der Waals surface area contributed by atoms with Crippen LogP contribution in [0.3, 0.4) is 0 Å². The van der Waals surface area contributed by atoms with Crippen LogP contribution in [0.15, 0.2) is 0 Å². The maximum Gasteiger partial charge on any atom is 0.223 e. The van der Waals surface area contributed by atoms with Gasteiger partial charge in [0.2, 0.25) is 15.9 Å². The fourth-order valence-electron chi connectivity index (χ4n) is 2.78. The number of hydrogen-bond acceptors (Lipinski definition) is 3. The van der Waals surface area contributed by atoms with E-state index in [0.717, 1.165) is 38.5 Å². The van der Waals surface area contributed by atoms with Crippen LogP contribution >= 0.6 is 0 Å². The Morgan fingerprint density at radius 3 is 2.32 bits per heavy atom. The number of carbonyl (C=O) groups is 1. The molecule has 2 fully saturated rings. The van der Waals surface area contributed by atoms with Crippen LogP contribution in [0.25, 0.3) is 0 Å². The van der Waals surface area contributed by atoms with Crippen LogP contribution in [-0.4, -0.2) is 44.0 Å². The first-order valence-electron chi connectivity index (χ1n) is 7.23. The second-order valence-corrected chi connectivity index (χ2v) is 7.67. The first kappa shape index (κ1) is 14.8. The van der Waals surface area contributed by atoms with Crippen LogP contribution in [0.2, 0.25) is 0 Å². The van der Waals surface area contributed by atoms with Crippen LogP contribution < -0.4 is 5.32 Å². The summed E-state index contributed by atoms with van der Waals surface area (Å²) in [5.74, 6) is 0.241. The average Bonchev–Trinajstić information content (AvgIpc) is 3.18. The molecule has 0 radical (unpaired) electrons. The van der Waals surface area contributed by atoms with Crippen molar-refractivity contribution in [1.29, 1.82) is 0 Å². The van der Waals surface area contributed by atoms with Gasteiger partial charge in [0.15, 0.2) is 0 Å². The van der Waals surface area contributed by atoms with Crippen molar-refractivity contribution in [2.45, 2.75) is 51.0 Å². The summed E-state index contributed by atoms with van der Waals surface area (Å²) in [5, 5.41) is 2.89. The Kier molecular flexibility index (Phi) is 4.84. The number of nitrogens with one attached hydrogen (secondary N) is 1. The largest absolute Gasteiger partial charge is 0.355 e. The third-order valence-electron chi connectivity index (χ3n) is 3.99. The Balaban J connectivity index is 1.74. The minimum atomic E-state index is -3.14. The van der Waals surface area contributed by atoms with Gasteiger partial charge in [-0.2, -0.15) is 4.31 Å². The average molecular weight is 288 g/mol. The van der Waals surface area contributed by atoms with Crippen molar-refractivity contribution < 1.29 is 13.2 Å². The van der Waals surface area contributed by atoms with E-state index in [0.29, 0.717) is 13.1 Å². The quantitative estimate of drug-likeness (QED) is 0.796. The van der Waals surface area contributed by atoms with Crippen molar-refractivity contribution in [2.75, 3.05) is 19.3 Å². The van der Waals surface area contributed by atoms with Gasteiger partial charge < -0.3 is 5.32 Å². The summed E-state index contributed by atoms with van der Waals surface area (Å²) in [6.45, 7) is 0.834. The van der Waals surface area contributed by atoms with E-state index in [4.69, 9.17) is 0 Å². The van der Waals surface area contributed by atoms with Crippen LogP contribution in [0.1, 0.15) is 44.9 Å². The van der Waals surface area contributed by atoms with E-state index < -0.39 is 10.0 Å². The standard InChI is InChI=1S/C13H24N2O3S/c1-19(17,18)15(12-7-8-12)10-9-14-13(16)11-5-3-2-4-6-11/h11-12H,2-10H2,1H3,(H,14,16). The monoisotopic (exact) mass is 288 g/mol. The van der Waals surface area contributed by atoms with Crippen molar-refractivity contribution >= 4 is 15.9 Å². The van der Waals surface area contributed by atoms with Gasteiger partial charge in [-0.05, 0) is 25.7 Å². The second-order valence-electron chi connectivity index (χ2n) is 5.73. The van der Waals surface area contributed by atoms with E-state index in [2.05, 4.69) is 5.32 Å². The molecule has 6 heteroatoms. The summed E-state index contributed by atoms with van der Waals surface area (Å²) in [6, 6.07) is 0.168. The molecule has 2 aliphatic carbocycles. The first-order chi connectivity index (χ1) is 8.98. The third kappa shape index (κ3) is 4.45. The molecule has 0 aromatic rings. The molecule has 0 aromatic heterocycles. The molecule has 19 heavy (non-hydrogen) atoms. The highest BCUT2D eigenvalue weighted by Crippen LogP contribution is 2.28. The van der Waals surface area contributed by atoms with Gasteiger partial charge in [0.25, 0.3) is 0 Å². The maximum atomic E-state index is 11.9. The van der Waals surface area contributed by atoms with Gasteiger partial charge in [-0.15, -0.1) is 0 Å². The molecule has 0 saturated heterocycles. The number of rotatable bonds is 6. The van der Waals surface area contributed by atoms with Gasteiger partial charge in [0.1, 0.15) is 0 Å². The molecule has 0 aromatic carbocycles. The predicted molar refractivity (Wildman–Crippen MR) is 74.2 cm³/mol. The molecule has 2 saturated carbocycles. The molecule has 0 unspecified atom stereocenters. The number of carbonyl (C=O) groups excluding carboxylic acids is 1. The predicted octanol–water partition coefficient (Wildman–Crippen LogP) is 1.11. The number of hydrogen-bond donors (Lipinski definition) is 1. The molecule has 5 nitrogen and oxygen atoms in total. The van der Waals surface area contributed by atoms with Crippen molar-refractivity contribution in [3.05, 3.63) is 0 Å². The lowest BCUT2D eigenvalue weighted by Gasteiger charge is -2.23. The molecule has 2 rings (SSSR count). The highest BCUT2D eigenvalue weighted by molar-refractivity contribution is 7.88. The molecule has 0 aliphatic heterocycles.